The van der Waals surface area contributed by atoms with E-state index in [1.165, 1.54) is 4.90 Å². The van der Waals surface area contributed by atoms with Crippen LogP contribution in [0.5, 0.6) is 0 Å². The molecule has 0 aromatic carbocycles. The smallest absolute Gasteiger partial charge is 0.232 e. The molecule has 0 unspecified atom stereocenters. The highest BCUT2D eigenvalue weighted by molar-refractivity contribution is 6.00. The van der Waals surface area contributed by atoms with E-state index in [-0.39, 0.29) is 18.3 Å². The molecule has 1 aromatic rings. The minimum absolute atomic E-state index is 0.110. The zero-order valence-electron chi connectivity index (χ0n) is 19.4. The third kappa shape index (κ3) is 4.65. The van der Waals surface area contributed by atoms with E-state index in [0.717, 1.165) is 46.6 Å². The number of carbonyl (C=O) groups is 1. The normalized spacial score (nSPS) is 22.4. The van der Waals surface area contributed by atoms with Crippen LogP contribution in [0.1, 0.15) is 37.9 Å². The van der Waals surface area contributed by atoms with Crippen LogP contribution in [-0.2, 0) is 9.53 Å². The van der Waals surface area contributed by atoms with Gasteiger partial charge in [-0.2, -0.15) is 0 Å². The van der Waals surface area contributed by atoms with Crippen LogP contribution in [0.25, 0.3) is 5.57 Å². The first-order valence-electron chi connectivity index (χ1n) is 10.7. The number of guanidine groups is 1. The molecule has 2 aliphatic rings. The van der Waals surface area contributed by atoms with Crippen LogP contribution in [-0.4, -0.2) is 47.6 Å². The SMILES string of the molecule is C=C(/C=C(\C)[C@@]1(C(=C)/C=C(\C)C2=CCCOC2)CC(=O)N(C)C(N)=N1)c1cccnc1C. The number of pyridine rings is 1. The molecule has 1 amide bonds. The number of nitrogens with zero attached hydrogens (tertiary/aromatic N) is 3. The molecule has 3 heterocycles. The van der Waals surface area contributed by atoms with Gasteiger partial charge in [-0.3, -0.25) is 14.7 Å². The third-order valence-electron chi connectivity index (χ3n) is 6.17. The van der Waals surface area contributed by atoms with Gasteiger partial charge in [-0.05, 0) is 61.1 Å². The molecule has 0 fully saturated rings. The highest BCUT2D eigenvalue weighted by Crippen LogP contribution is 2.39. The monoisotopic (exact) mass is 432 g/mol. The summed E-state index contributed by atoms with van der Waals surface area (Å²) < 4.78 is 5.59. The van der Waals surface area contributed by atoms with Crippen molar-refractivity contribution in [2.24, 2.45) is 10.7 Å². The molecule has 2 aliphatic heterocycles. The van der Waals surface area contributed by atoms with Gasteiger partial charge in [0.1, 0.15) is 5.54 Å². The zero-order chi connectivity index (χ0) is 23.5. The number of rotatable bonds is 6. The Labute approximate surface area is 190 Å². The molecule has 3 rings (SSSR count). The molecule has 6 heteroatoms. The van der Waals surface area contributed by atoms with Crippen LogP contribution < -0.4 is 5.73 Å². The Morgan fingerprint density at radius 2 is 2.06 bits per heavy atom. The number of amides is 1. The molecule has 0 saturated heterocycles. The van der Waals surface area contributed by atoms with Crippen molar-refractivity contribution in [1.82, 2.24) is 9.88 Å². The number of aromatic nitrogens is 1. The summed E-state index contributed by atoms with van der Waals surface area (Å²) in [5, 5.41) is 0. The number of ether oxygens (including phenoxy) is 1. The molecule has 0 spiro atoms. The second-order valence-corrected chi connectivity index (χ2v) is 8.37. The van der Waals surface area contributed by atoms with Crippen LogP contribution in [0.15, 0.2) is 77.0 Å². The number of hydrogen-bond acceptors (Lipinski definition) is 5. The van der Waals surface area contributed by atoms with Gasteiger partial charge in [-0.15, -0.1) is 0 Å². The molecular formula is C26H32N4O2. The van der Waals surface area contributed by atoms with Crippen molar-refractivity contribution >= 4 is 17.4 Å². The van der Waals surface area contributed by atoms with Gasteiger partial charge in [0.15, 0.2) is 5.96 Å². The van der Waals surface area contributed by atoms with Gasteiger partial charge in [0, 0.05) is 24.5 Å². The molecule has 6 nitrogen and oxygen atoms in total. The lowest BCUT2D eigenvalue weighted by Crippen LogP contribution is -2.50. The van der Waals surface area contributed by atoms with Crippen molar-refractivity contribution in [3.8, 4) is 0 Å². The predicted molar refractivity (Wildman–Crippen MR) is 130 cm³/mol. The summed E-state index contributed by atoms with van der Waals surface area (Å²) >= 11 is 0. The van der Waals surface area contributed by atoms with Crippen molar-refractivity contribution < 1.29 is 9.53 Å². The van der Waals surface area contributed by atoms with Crippen LogP contribution in [0.3, 0.4) is 0 Å². The lowest BCUT2D eigenvalue weighted by Gasteiger charge is -2.38. The van der Waals surface area contributed by atoms with Gasteiger partial charge in [0.2, 0.25) is 5.91 Å². The quantitative estimate of drug-likeness (QED) is 0.686. The Kier molecular flexibility index (Phi) is 6.94. The molecule has 2 N–H and O–H groups in total. The Hall–Kier alpha value is -3.25. The maximum atomic E-state index is 12.8. The molecule has 0 radical (unpaired) electrons. The number of hydrogen-bond donors (Lipinski definition) is 1. The number of nitrogens with two attached hydrogens (primary N) is 1. The van der Waals surface area contributed by atoms with E-state index >= 15 is 0 Å². The van der Waals surface area contributed by atoms with Gasteiger partial charge in [0.05, 0.1) is 19.6 Å². The first-order valence-corrected chi connectivity index (χ1v) is 10.7. The Bertz CT molecular complexity index is 1080. The van der Waals surface area contributed by atoms with E-state index in [1.807, 2.05) is 45.1 Å². The second-order valence-electron chi connectivity index (χ2n) is 8.37. The van der Waals surface area contributed by atoms with E-state index in [2.05, 4.69) is 24.2 Å². The van der Waals surface area contributed by atoms with Crippen molar-refractivity contribution in [1.29, 1.82) is 0 Å². The molecule has 1 atom stereocenters. The third-order valence-corrected chi connectivity index (χ3v) is 6.17. The van der Waals surface area contributed by atoms with Crippen molar-refractivity contribution in [2.45, 2.75) is 39.2 Å². The second kappa shape index (κ2) is 9.49. The predicted octanol–water partition coefficient (Wildman–Crippen LogP) is 4.11. The van der Waals surface area contributed by atoms with Crippen molar-refractivity contribution in [3.63, 3.8) is 0 Å². The van der Waals surface area contributed by atoms with Gasteiger partial charge >= 0.3 is 0 Å². The minimum atomic E-state index is -0.982. The van der Waals surface area contributed by atoms with Crippen LogP contribution in [0, 0.1) is 6.92 Å². The summed E-state index contributed by atoms with van der Waals surface area (Å²) in [7, 11) is 1.64. The first kappa shape index (κ1) is 23.4. The molecule has 168 valence electrons. The summed E-state index contributed by atoms with van der Waals surface area (Å²) in [6, 6.07) is 3.86. The first-order chi connectivity index (χ1) is 15.2. The average molecular weight is 433 g/mol. The Balaban J connectivity index is 2.07. The van der Waals surface area contributed by atoms with E-state index in [0.29, 0.717) is 12.2 Å². The lowest BCUT2D eigenvalue weighted by molar-refractivity contribution is -0.127. The maximum Gasteiger partial charge on any atom is 0.232 e. The summed E-state index contributed by atoms with van der Waals surface area (Å²) in [6.45, 7) is 15.8. The number of allylic oxidation sites excluding steroid dienone is 2. The Morgan fingerprint density at radius 3 is 2.69 bits per heavy atom. The summed E-state index contributed by atoms with van der Waals surface area (Å²) in [5.74, 6) is 0.0606. The standard InChI is InChI=1S/C26H32N4O2/c1-17(22-9-8-12-32-16-22)13-19(3)26(15-24(31)30(6)25(27)29-26)20(4)14-18(2)23-10-7-11-28-21(23)5/h7,9-11,13-14H,2-3,8,12,15-16H2,1,4-6H3,(H2,27,29)/b17-13+,20-14+/t26-/m0/s1. The maximum absolute atomic E-state index is 12.8. The van der Waals surface area contributed by atoms with Gasteiger partial charge in [0.25, 0.3) is 0 Å². The van der Waals surface area contributed by atoms with Gasteiger partial charge in [-0.1, -0.05) is 37.5 Å². The van der Waals surface area contributed by atoms with E-state index in [1.54, 1.807) is 13.2 Å². The summed E-state index contributed by atoms with van der Waals surface area (Å²) in [6.07, 6.45) is 8.91. The molecule has 0 aliphatic carbocycles. The fourth-order valence-electron chi connectivity index (χ4n) is 4.03. The number of carbonyl (C=O) groups excluding carboxylic acids is 1. The van der Waals surface area contributed by atoms with E-state index in [4.69, 9.17) is 15.5 Å². The fourth-order valence-corrected chi connectivity index (χ4v) is 4.03. The van der Waals surface area contributed by atoms with Crippen molar-refractivity contribution in [3.05, 3.63) is 83.3 Å². The molecule has 32 heavy (non-hydrogen) atoms. The van der Waals surface area contributed by atoms with Crippen LogP contribution in [0.2, 0.25) is 0 Å². The minimum Gasteiger partial charge on any atom is -0.376 e. The van der Waals surface area contributed by atoms with E-state index < -0.39 is 5.54 Å². The average Bonchev–Trinajstić information content (AvgIpc) is 2.77. The molecular weight excluding hydrogens is 400 g/mol. The summed E-state index contributed by atoms with van der Waals surface area (Å²) in [4.78, 5) is 23.4. The number of aryl methyl sites for hydroxylation is 1. The van der Waals surface area contributed by atoms with Crippen LogP contribution >= 0.6 is 0 Å². The fraction of sp³-hybridized carbons (Fsp3) is 0.346. The largest absolute Gasteiger partial charge is 0.376 e. The van der Waals surface area contributed by atoms with Gasteiger partial charge in [-0.25, -0.2) is 4.99 Å². The highest BCUT2D eigenvalue weighted by Gasteiger charge is 2.42. The van der Waals surface area contributed by atoms with Crippen molar-refractivity contribution in [2.75, 3.05) is 20.3 Å². The molecule has 0 saturated carbocycles. The zero-order valence-corrected chi connectivity index (χ0v) is 19.4. The Morgan fingerprint density at radius 1 is 1.31 bits per heavy atom. The van der Waals surface area contributed by atoms with Crippen LogP contribution in [0.4, 0.5) is 0 Å². The lowest BCUT2D eigenvalue weighted by atomic mass is 9.78. The van der Waals surface area contributed by atoms with Gasteiger partial charge < -0.3 is 10.5 Å². The molecule has 0 bridgehead atoms. The highest BCUT2D eigenvalue weighted by atomic mass is 16.5. The topological polar surface area (TPSA) is 80.8 Å². The number of aliphatic imine (C=N–C) groups is 1. The summed E-state index contributed by atoms with van der Waals surface area (Å²) in [5.41, 5.74) is 11.5. The van der Waals surface area contributed by atoms with E-state index in [9.17, 15) is 4.79 Å². The molecule has 1 aromatic heterocycles.